The van der Waals surface area contributed by atoms with Crippen molar-refractivity contribution in [1.82, 2.24) is 4.90 Å². The van der Waals surface area contributed by atoms with Crippen LogP contribution in [0, 0.1) is 5.82 Å². The Balaban J connectivity index is 3.13. The van der Waals surface area contributed by atoms with Crippen molar-refractivity contribution >= 4 is 21.8 Å². The van der Waals surface area contributed by atoms with Crippen LogP contribution in [-0.2, 0) is 6.18 Å². The van der Waals surface area contributed by atoms with E-state index in [1.807, 2.05) is 6.92 Å². The van der Waals surface area contributed by atoms with Gasteiger partial charge in [0.2, 0.25) is 0 Å². The summed E-state index contributed by atoms with van der Waals surface area (Å²) in [6.45, 7) is 2.50. The smallest absolute Gasteiger partial charge is 0.338 e. The van der Waals surface area contributed by atoms with Crippen LogP contribution in [0.5, 0.6) is 0 Å². The summed E-state index contributed by atoms with van der Waals surface area (Å²) in [7, 11) is 0. The average molecular weight is 356 g/mol. The van der Waals surface area contributed by atoms with Crippen molar-refractivity contribution in [3.8, 4) is 0 Å². The molecule has 1 rings (SSSR count). The number of halogens is 5. The van der Waals surface area contributed by atoms with Gasteiger partial charge < -0.3 is 4.90 Å². The Kier molecular flexibility index (Phi) is 5.98. The Hall–Kier alpha value is -1.11. The third-order valence-corrected chi connectivity index (χ3v) is 3.01. The molecule has 20 heavy (non-hydrogen) atoms. The van der Waals surface area contributed by atoms with Crippen LogP contribution in [0.3, 0.4) is 0 Å². The fraction of sp³-hybridized carbons (Fsp3) is 0.462. The molecule has 2 nitrogen and oxygen atoms in total. The fourth-order valence-corrected chi connectivity index (χ4v) is 2.15. The van der Waals surface area contributed by atoms with Crippen LogP contribution in [0.2, 0.25) is 0 Å². The van der Waals surface area contributed by atoms with Crippen LogP contribution >= 0.6 is 15.9 Å². The number of nitrogens with zero attached hydrogens (tertiary/aromatic N) is 1. The summed E-state index contributed by atoms with van der Waals surface area (Å²) in [5, 5.41) is 0.472. The molecule has 0 bridgehead atoms. The van der Waals surface area contributed by atoms with E-state index in [-0.39, 0.29) is 0 Å². The summed E-state index contributed by atoms with van der Waals surface area (Å²) in [4.78, 5) is 13.4. The van der Waals surface area contributed by atoms with E-state index in [1.165, 1.54) is 4.90 Å². The van der Waals surface area contributed by atoms with Crippen LogP contribution in [-0.4, -0.2) is 29.2 Å². The normalized spacial score (nSPS) is 11.5. The Bertz CT molecular complexity index is 470. The number of carbonyl (C=O) groups excluding carboxylic acids is 1. The molecule has 0 saturated heterocycles. The molecule has 112 valence electrons. The Morgan fingerprint density at radius 1 is 1.30 bits per heavy atom. The fourth-order valence-electron chi connectivity index (χ4n) is 1.72. The van der Waals surface area contributed by atoms with E-state index >= 15 is 0 Å². The van der Waals surface area contributed by atoms with Crippen molar-refractivity contribution in [2.75, 3.05) is 18.4 Å². The molecule has 0 aromatic heterocycles. The zero-order chi connectivity index (χ0) is 15.3. The monoisotopic (exact) mass is 355 g/mol. The minimum Gasteiger partial charge on any atom is -0.338 e. The summed E-state index contributed by atoms with van der Waals surface area (Å²) in [5.74, 6) is -1.67. The first kappa shape index (κ1) is 16.9. The van der Waals surface area contributed by atoms with Gasteiger partial charge in [0.05, 0.1) is 11.1 Å². The molecule has 0 N–H and O–H groups in total. The zero-order valence-electron chi connectivity index (χ0n) is 10.8. The second-order valence-corrected chi connectivity index (χ2v) is 4.97. The highest BCUT2D eigenvalue weighted by molar-refractivity contribution is 9.09. The predicted octanol–water partition coefficient (Wildman–Crippen LogP) is 4.09. The Labute approximate surface area is 122 Å². The predicted molar refractivity (Wildman–Crippen MR) is 71.4 cm³/mol. The number of hydrogen-bond acceptors (Lipinski definition) is 1. The molecule has 0 heterocycles. The lowest BCUT2D eigenvalue weighted by atomic mass is 10.1. The van der Waals surface area contributed by atoms with Gasteiger partial charge >= 0.3 is 6.18 Å². The number of amides is 1. The molecule has 0 spiro atoms. The van der Waals surface area contributed by atoms with Gasteiger partial charge in [-0.15, -0.1) is 0 Å². The highest BCUT2D eigenvalue weighted by Gasteiger charge is 2.32. The van der Waals surface area contributed by atoms with Crippen molar-refractivity contribution in [3.05, 3.63) is 35.1 Å². The molecule has 1 amide bonds. The zero-order valence-corrected chi connectivity index (χ0v) is 12.4. The molecule has 0 aliphatic heterocycles. The Morgan fingerprint density at radius 2 is 1.95 bits per heavy atom. The van der Waals surface area contributed by atoms with E-state index in [9.17, 15) is 22.4 Å². The third kappa shape index (κ3) is 4.19. The first-order chi connectivity index (χ1) is 9.31. The van der Waals surface area contributed by atoms with Crippen molar-refractivity contribution in [3.63, 3.8) is 0 Å². The minimum absolute atomic E-state index is 0.308. The first-order valence-corrected chi connectivity index (χ1v) is 7.15. The SMILES string of the molecule is CCCN(CCBr)C(=O)c1cc(C(F)(F)F)ccc1F. The topological polar surface area (TPSA) is 20.3 Å². The maximum absolute atomic E-state index is 13.6. The molecule has 0 aliphatic rings. The largest absolute Gasteiger partial charge is 0.416 e. The first-order valence-electron chi connectivity index (χ1n) is 6.03. The van der Waals surface area contributed by atoms with E-state index in [1.54, 1.807) is 0 Å². The van der Waals surface area contributed by atoms with Crippen molar-refractivity contribution < 1.29 is 22.4 Å². The number of carbonyl (C=O) groups is 1. The number of rotatable bonds is 5. The van der Waals surface area contributed by atoms with Gasteiger partial charge in [0, 0.05) is 18.4 Å². The molecule has 0 aliphatic carbocycles. The van der Waals surface area contributed by atoms with E-state index in [2.05, 4.69) is 15.9 Å². The molecule has 0 fully saturated rings. The quantitative estimate of drug-likeness (QED) is 0.575. The van der Waals surface area contributed by atoms with Crippen LogP contribution in [0.4, 0.5) is 17.6 Å². The highest BCUT2D eigenvalue weighted by Crippen LogP contribution is 2.30. The lowest BCUT2D eigenvalue weighted by Crippen LogP contribution is -2.34. The molecular weight excluding hydrogens is 342 g/mol. The minimum atomic E-state index is -4.60. The molecular formula is C13H14BrF4NO. The number of benzene rings is 1. The summed E-state index contributed by atoms with van der Waals surface area (Å²) < 4.78 is 51.4. The molecule has 0 saturated carbocycles. The Morgan fingerprint density at radius 3 is 2.45 bits per heavy atom. The van der Waals surface area contributed by atoms with Gasteiger partial charge in [-0.3, -0.25) is 4.79 Å². The van der Waals surface area contributed by atoms with Crippen molar-refractivity contribution in [2.24, 2.45) is 0 Å². The van der Waals surface area contributed by atoms with Crippen LogP contribution < -0.4 is 0 Å². The molecule has 0 atom stereocenters. The molecule has 0 unspecified atom stereocenters. The lowest BCUT2D eigenvalue weighted by molar-refractivity contribution is -0.137. The van der Waals surface area contributed by atoms with Gasteiger partial charge in [-0.1, -0.05) is 22.9 Å². The summed E-state index contributed by atoms with van der Waals surface area (Å²) in [6, 6.07) is 1.86. The highest BCUT2D eigenvalue weighted by atomic mass is 79.9. The maximum atomic E-state index is 13.6. The average Bonchev–Trinajstić information content (AvgIpc) is 2.37. The second kappa shape index (κ2) is 7.06. The second-order valence-electron chi connectivity index (χ2n) is 4.17. The van der Waals surface area contributed by atoms with Gasteiger partial charge in [0.1, 0.15) is 5.82 Å². The third-order valence-electron chi connectivity index (χ3n) is 2.66. The van der Waals surface area contributed by atoms with E-state index in [0.29, 0.717) is 43.0 Å². The van der Waals surface area contributed by atoms with E-state index in [0.717, 1.165) is 0 Å². The summed E-state index contributed by atoms with van der Waals surface area (Å²) >= 11 is 3.16. The standard InChI is InChI=1S/C13H14BrF4NO/c1-2-6-19(7-5-14)12(20)10-8-9(13(16,17)18)3-4-11(10)15/h3-4,8H,2,5-7H2,1H3. The van der Waals surface area contributed by atoms with Crippen LogP contribution in [0.25, 0.3) is 0 Å². The van der Waals surface area contributed by atoms with Gasteiger partial charge in [0.25, 0.3) is 5.91 Å². The molecule has 1 aromatic rings. The van der Waals surface area contributed by atoms with Gasteiger partial charge in [-0.25, -0.2) is 4.39 Å². The number of alkyl halides is 4. The van der Waals surface area contributed by atoms with E-state index < -0.39 is 29.0 Å². The van der Waals surface area contributed by atoms with Gasteiger partial charge in [0.15, 0.2) is 0 Å². The molecule has 7 heteroatoms. The summed E-state index contributed by atoms with van der Waals surface area (Å²) in [6.07, 6.45) is -3.97. The van der Waals surface area contributed by atoms with Crippen molar-refractivity contribution in [1.29, 1.82) is 0 Å². The van der Waals surface area contributed by atoms with Crippen LogP contribution in [0.15, 0.2) is 18.2 Å². The number of hydrogen-bond donors (Lipinski definition) is 0. The molecule has 0 radical (unpaired) electrons. The lowest BCUT2D eigenvalue weighted by Gasteiger charge is -2.21. The van der Waals surface area contributed by atoms with Crippen LogP contribution in [0.1, 0.15) is 29.3 Å². The van der Waals surface area contributed by atoms with Crippen molar-refractivity contribution in [2.45, 2.75) is 19.5 Å². The summed E-state index contributed by atoms with van der Waals surface area (Å²) in [5.41, 5.74) is -1.58. The maximum Gasteiger partial charge on any atom is 0.416 e. The van der Waals surface area contributed by atoms with Gasteiger partial charge in [-0.05, 0) is 24.6 Å². The molecule has 1 aromatic carbocycles. The van der Waals surface area contributed by atoms with Gasteiger partial charge in [-0.2, -0.15) is 13.2 Å². The van der Waals surface area contributed by atoms with E-state index in [4.69, 9.17) is 0 Å².